The third kappa shape index (κ3) is 4.54. The van der Waals surface area contributed by atoms with Gasteiger partial charge in [-0.1, -0.05) is 22.0 Å². The molecular weight excluding hydrogens is 479 g/mol. The summed E-state index contributed by atoms with van der Waals surface area (Å²) in [6.07, 6.45) is -3.62. The molecule has 10 heteroatoms. The summed E-state index contributed by atoms with van der Waals surface area (Å²) in [4.78, 5) is 10.8. The van der Waals surface area contributed by atoms with Crippen molar-refractivity contribution in [1.82, 2.24) is 9.97 Å². The summed E-state index contributed by atoms with van der Waals surface area (Å²) in [7, 11) is 0. The van der Waals surface area contributed by atoms with Crippen molar-refractivity contribution in [2.45, 2.75) is 26.1 Å². The molecule has 0 bridgehead atoms. The normalized spacial score (nSPS) is 13.5. The molecule has 6 nitrogen and oxygen atoms in total. The van der Waals surface area contributed by atoms with Crippen LogP contribution in [0.4, 0.5) is 24.7 Å². The Morgan fingerprint density at radius 3 is 2.74 bits per heavy atom. The molecule has 31 heavy (non-hydrogen) atoms. The molecule has 1 N–H and O–H groups in total. The quantitative estimate of drug-likeness (QED) is 0.480. The SMILES string of the molecule is Cc1c(Br)ccc2c1N(c1nc(OCCCO)nc3ccc(OC(F)(F)F)cc13)CC2. The fraction of sp³-hybridized carbons (Fsp3) is 0.333. The number of aromatic nitrogens is 2. The van der Waals surface area contributed by atoms with E-state index >= 15 is 0 Å². The Labute approximate surface area is 184 Å². The molecule has 3 aromatic rings. The maximum Gasteiger partial charge on any atom is 0.573 e. The highest BCUT2D eigenvalue weighted by Gasteiger charge is 2.32. The van der Waals surface area contributed by atoms with Crippen molar-refractivity contribution in [1.29, 1.82) is 0 Å². The van der Waals surface area contributed by atoms with Gasteiger partial charge in [0, 0.05) is 35.1 Å². The van der Waals surface area contributed by atoms with Gasteiger partial charge in [-0.2, -0.15) is 9.97 Å². The molecule has 2 aromatic carbocycles. The van der Waals surface area contributed by atoms with Gasteiger partial charge >= 0.3 is 12.4 Å². The summed E-state index contributed by atoms with van der Waals surface area (Å²) in [6, 6.07) is 8.05. The van der Waals surface area contributed by atoms with Crippen LogP contribution in [0.1, 0.15) is 17.5 Å². The molecule has 0 spiro atoms. The van der Waals surface area contributed by atoms with Crippen molar-refractivity contribution in [2.24, 2.45) is 0 Å². The second kappa shape index (κ2) is 8.51. The van der Waals surface area contributed by atoms with Crippen molar-refractivity contribution in [3.05, 3.63) is 45.9 Å². The second-order valence-electron chi connectivity index (χ2n) is 7.06. The lowest BCUT2D eigenvalue weighted by molar-refractivity contribution is -0.274. The second-order valence-corrected chi connectivity index (χ2v) is 7.92. The molecule has 1 aliphatic heterocycles. The summed E-state index contributed by atoms with van der Waals surface area (Å²) >= 11 is 3.55. The third-order valence-corrected chi connectivity index (χ3v) is 5.83. The van der Waals surface area contributed by atoms with Gasteiger partial charge in [-0.3, -0.25) is 0 Å². The van der Waals surface area contributed by atoms with E-state index in [1.54, 1.807) is 0 Å². The highest BCUT2D eigenvalue weighted by atomic mass is 79.9. The summed E-state index contributed by atoms with van der Waals surface area (Å²) in [5, 5.41) is 9.41. The molecule has 1 aromatic heterocycles. The van der Waals surface area contributed by atoms with E-state index in [4.69, 9.17) is 9.84 Å². The first-order valence-corrected chi connectivity index (χ1v) is 10.4. The summed E-state index contributed by atoms with van der Waals surface area (Å²) in [5.41, 5.74) is 3.52. The van der Waals surface area contributed by atoms with Crippen LogP contribution in [0.2, 0.25) is 0 Å². The van der Waals surface area contributed by atoms with Gasteiger partial charge in [0.15, 0.2) is 0 Å². The maximum atomic E-state index is 12.8. The van der Waals surface area contributed by atoms with Crippen molar-refractivity contribution in [2.75, 3.05) is 24.7 Å². The Bertz CT molecular complexity index is 1120. The van der Waals surface area contributed by atoms with Gasteiger partial charge in [0.1, 0.15) is 11.6 Å². The minimum absolute atomic E-state index is 0.0364. The van der Waals surface area contributed by atoms with Crippen LogP contribution in [0.25, 0.3) is 10.9 Å². The molecule has 0 atom stereocenters. The van der Waals surface area contributed by atoms with E-state index < -0.39 is 6.36 Å². The van der Waals surface area contributed by atoms with Gasteiger partial charge in [-0.25, -0.2) is 0 Å². The molecule has 1 aliphatic rings. The summed E-state index contributed by atoms with van der Waals surface area (Å²) in [6.45, 7) is 2.77. The van der Waals surface area contributed by atoms with Gasteiger partial charge in [-0.05, 0) is 48.7 Å². The number of benzene rings is 2. The molecule has 0 saturated heterocycles. The van der Waals surface area contributed by atoms with E-state index in [9.17, 15) is 13.2 Å². The predicted molar refractivity (Wildman–Crippen MR) is 113 cm³/mol. The molecule has 4 rings (SSSR count). The van der Waals surface area contributed by atoms with Crippen molar-refractivity contribution >= 4 is 38.3 Å². The number of alkyl halides is 3. The van der Waals surface area contributed by atoms with Gasteiger partial charge < -0.3 is 19.5 Å². The summed E-state index contributed by atoms with van der Waals surface area (Å²) < 4.78 is 48.9. The Morgan fingerprint density at radius 2 is 2.00 bits per heavy atom. The van der Waals surface area contributed by atoms with Crippen LogP contribution in [-0.4, -0.2) is 41.2 Å². The maximum absolute atomic E-state index is 12.8. The fourth-order valence-corrected chi connectivity index (χ4v) is 3.95. The number of aliphatic hydroxyl groups excluding tert-OH is 1. The van der Waals surface area contributed by atoms with Crippen LogP contribution in [0.5, 0.6) is 11.8 Å². The smallest absolute Gasteiger partial charge is 0.463 e. The van der Waals surface area contributed by atoms with Gasteiger partial charge in [0.25, 0.3) is 0 Å². The first-order chi connectivity index (χ1) is 14.8. The lowest BCUT2D eigenvalue weighted by Gasteiger charge is -2.23. The molecule has 2 heterocycles. The molecule has 0 aliphatic carbocycles. The van der Waals surface area contributed by atoms with E-state index in [0.29, 0.717) is 29.7 Å². The van der Waals surface area contributed by atoms with Crippen LogP contribution in [0, 0.1) is 6.92 Å². The number of aliphatic hydroxyl groups is 1. The third-order valence-electron chi connectivity index (χ3n) is 4.97. The molecule has 0 unspecified atom stereocenters. The monoisotopic (exact) mass is 497 g/mol. The van der Waals surface area contributed by atoms with Gasteiger partial charge in [0.2, 0.25) is 0 Å². The number of ether oxygens (including phenoxy) is 2. The zero-order chi connectivity index (χ0) is 22.2. The van der Waals surface area contributed by atoms with E-state index in [0.717, 1.165) is 27.7 Å². The highest BCUT2D eigenvalue weighted by Crippen LogP contribution is 2.42. The number of halogens is 4. The first-order valence-electron chi connectivity index (χ1n) is 9.63. The Kier molecular flexibility index (Phi) is 5.94. The van der Waals surface area contributed by atoms with Crippen LogP contribution >= 0.6 is 15.9 Å². The lowest BCUT2D eigenvalue weighted by atomic mass is 10.1. The number of fused-ring (bicyclic) bond motifs is 2. The van der Waals surface area contributed by atoms with E-state index in [-0.39, 0.29) is 25.0 Å². The van der Waals surface area contributed by atoms with Crippen LogP contribution in [-0.2, 0) is 6.42 Å². The fourth-order valence-electron chi connectivity index (χ4n) is 3.63. The first kappa shape index (κ1) is 21.6. The number of nitrogens with zero attached hydrogens (tertiary/aromatic N) is 3. The van der Waals surface area contributed by atoms with E-state index in [1.807, 2.05) is 24.0 Å². The van der Waals surface area contributed by atoms with Gasteiger partial charge in [0.05, 0.1) is 12.1 Å². The van der Waals surface area contributed by atoms with Crippen LogP contribution < -0.4 is 14.4 Å². The van der Waals surface area contributed by atoms with Gasteiger partial charge in [-0.15, -0.1) is 13.2 Å². The van der Waals surface area contributed by atoms with E-state index in [2.05, 4.69) is 30.6 Å². The van der Waals surface area contributed by atoms with E-state index in [1.165, 1.54) is 18.2 Å². The zero-order valence-corrected chi connectivity index (χ0v) is 18.1. The number of hydrogen-bond acceptors (Lipinski definition) is 6. The van der Waals surface area contributed by atoms with Crippen molar-refractivity contribution in [3.8, 4) is 11.8 Å². The van der Waals surface area contributed by atoms with Crippen molar-refractivity contribution < 1.29 is 27.8 Å². The molecule has 0 amide bonds. The Hall–Kier alpha value is -2.59. The average molecular weight is 498 g/mol. The highest BCUT2D eigenvalue weighted by molar-refractivity contribution is 9.10. The number of hydrogen-bond donors (Lipinski definition) is 1. The van der Waals surface area contributed by atoms with Crippen LogP contribution in [0.3, 0.4) is 0 Å². The molecule has 0 saturated carbocycles. The predicted octanol–water partition coefficient (Wildman–Crippen LogP) is 5.05. The molecule has 0 fully saturated rings. The Morgan fingerprint density at radius 1 is 1.19 bits per heavy atom. The minimum atomic E-state index is -4.80. The largest absolute Gasteiger partial charge is 0.573 e. The Balaban J connectivity index is 1.85. The molecule has 0 radical (unpaired) electrons. The molecular formula is C21H19BrF3N3O3. The topological polar surface area (TPSA) is 67.7 Å². The lowest BCUT2D eigenvalue weighted by Crippen LogP contribution is -2.18. The summed E-state index contributed by atoms with van der Waals surface area (Å²) in [5.74, 6) is 0.0979. The average Bonchev–Trinajstić information content (AvgIpc) is 3.14. The standard InChI is InChI=1S/C21H19BrF3N3O3/c1-12-16(22)5-3-13-7-8-28(18(12)13)19-15-11-14(31-21(23,24)25)4-6-17(15)26-20(27-19)30-10-2-9-29/h3-6,11,29H,2,7-10H2,1H3. The molecule has 164 valence electrons. The zero-order valence-electron chi connectivity index (χ0n) is 16.5. The number of rotatable bonds is 6. The minimum Gasteiger partial charge on any atom is -0.463 e. The van der Waals surface area contributed by atoms with Crippen LogP contribution in [0.15, 0.2) is 34.8 Å². The number of anilines is 2. The van der Waals surface area contributed by atoms with Crippen molar-refractivity contribution in [3.63, 3.8) is 0 Å².